The molecule has 0 bridgehead atoms. The number of amides is 1. The Balaban J connectivity index is 2.87. The summed E-state index contributed by atoms with van der Waals surface area (Å²) in [6.45, 7) is 1.99. The molecule has 0 aliphatic carbocycles. The van der Waals surface area contributed by atoms with Crippen molar-refractivity contribution >= 4 is 21.8 Å². The van der Waals surface area contributed by atoms with Crippen LogP contribution in [0.5, 0.6) is 0 Å². The van der Waals surface area contributed by atoms with E-state index in [-0.39, 0.29) is 19.1 Å². The highest BCUT2D eigenvalue weighted by atomic mass is 79.9. The van der Waals surface area contributed by atoms with Crippen molar-refractivity contribution in [2.24, 2.45) is 0 Å². The quantitative estimate of drug-likeness (QED) is 0.838. The third kappa shape index (κ3) is 4.56. The summed E-state index contributed by atoms with van der Waals surface area (Å²) in [5.41, 5.74) is -0.337. The van der Waals surface area contributed by atoms with Crippen molar-refractivity contribution in [3.8, 4) is 0 Å². The van der Waals surface area contributed by atoms with Crippen LogP contribution < -0.4 is 5.32 Å². The lowest BCUT2D eigenvalue weighted by molar-refractivity contribution is 0.0725. The number of halogens is 2. The zero-order chi connectivity index (χ0) is 14.5. The molecule has 0 fully saturated rings. The Kier molecular flexibility index (Phi) is 5.90. The van der Waals surface area contributed by atoms with Crippen LogP contribution in [-0.4, -0.2) is 36.9 Å². The summed E-state index contributed by atoms with van der Waals surface area (Å²) in [7, 11) is 1.52. The molecule has 1 amide bonds. The third-order valence-electron chi connectivity index (χ3n) is 2.72. The molecule has 0 aromatic heterocycles. The summed E-state index contributed by atoms with van der Waals surface area (Å²) in [6.07, 6.45) is 0.366. The second kappa shape index (κ2) is 6.98. The highest BCUT2D eigenvalue weighted by Crippen LogP contribution is 2.19. The third-order valence-corrected chi connectivity index (χ3v) is 3.37. The van der Waals surface area contributed by atoms with Crippen molar-refractivity contribution in [3.63, 3.8) is 0 Å². The lowest BCUT2D eigenvalue weighted by Gasteiger charge is -2.29. The van der Waals surface area contributed by atoms with Crippen molar-refractivity contribution < 1.29 is 19.0 Å². The minimum Gasteiger partial charge on any atom is -0.396 e. The van der Waals surface area contributed by atoms with Gasteiger partial charge in [-0.15, -0.1) is 0 Å². The molecule has 6 heteroatoms. The molecular formula is C13H17BrFNO3. The summed E-state index contributed by atoms with van der Waals surface area (Å²) < 4.78 is 18.4. The van der Waals surface area contributed by atoms with E-state index >= 15 is 0 Å². The highest BCUT2D eigenvalue weighted by Gasteiger charge is 2.27. The van der Waals surface area contributed by atoms with Crippen LogP contribution in [0.3, 0.4) is 0 Å². The molecule has 1 rings (SSSR count). The Bertz CT molecular complexity index is 448. The molecule has 4 nitrogen and oxygen atoms in total. The first-order chi connectivity index (χ1) is 8.91. The largest absolute Gasteiger partial charge is 0.396 e. The summed E-state index contributed by atoms with van der Waals surface area (Å²) in [5.74, 6) is -0.765. The predicted octanol–water partition coefficient (Wildman–Crippen LogP) is 2.11. The van der Waals surface area contributed by atoms with E-state index < -0.39 is 11.4 Å². The fourth-order valence-electron chi connectivity index (χ4n) is 1.75. The maximum atomic E-state index is 13.0. The summed E-state index contributed by atoms with van der Waals surface area (Å²) in [4.78, 5) is 12.1. The van der Waals surface area contributed by atoms with E-state index in [1.807, 2.05) is 0 Å². The van der Waals surface area contributed by atoms with E-state index in [1.54, 1.807) is 6.92 Å². The van der Waals surface area contributed by atoms with Crippen LogP contribution in [0.2, 0.25) is 0 Å². The molecule has 0 saturated heterocycles. The first-order valence-electron chi connectivity index (χ1n) is 5.79. The van der Waals surface area contributed by atoms with E-state index in [4.69, 9.17) is 9.84 Å². The van der Waals surface area contributed by atoms with Gasteiger partial charge in [0.2, 0.25) is 0 Å². The maximum absolute atomic E-state index is 13.0. The zero-order valence-electron chi connectivity index (χ0n) is 10.9. The van der Waals surface area contributed by atoms with Gasteiger partial charge in [-0.3, -0.25) is 4.79 Å². The first-order valence-corrected chi connectivity index (χ1v) is 6.58. The maximum Gasteiger partial charge on any atom is 0.252 e. The number of benzene rings is 1. The van der Waals surface area contributed by atoms with E-state index in [1.165, 1.54) is 25.3 Å². The average Bonchev–Trinajstić information content (AvgIpc) is 2.28. The second-order valence-corrected chi connectivity index (χ2v) is 5.40. The van der Waals surface area contributed by atoms with Crippen LogP contribution in [0, 0.1) is 5.82 Å². The van der Waals surface area contributed by atoms with Crippen molar-refractivity contribution in [1.29, 1.82) is 0 Å². The zero-order valence-corrected chi connectivity index (χ0v) is 12.5. The molecule has 1 atom stereocenters. The second-order valence-electron chi connectivity index (χ2n) is 4.55. The average molecular weight is 334 g/mol. The number of hydrogen-bond donors (Lipinski definition) is 2. The van der Waals surface area contributed by atoms with Crippen molar-refractivity contribution in [1.82, 2.24) is 5.32 Å². The number of carbonyl (C=O) groups is 1. The standard InChI is InChI=1S/C13H17BrFNO3/c1-13(5-6-17,8-19-2)16-12(18)10-4-3-9(15)7-11(10)14/h3-4,7,17H,5-6,8H2,1-2H3,(H,16,18). The van der Waals surface area contributed by atoms with E-state index in [0.717, 1.165) is 0 Å². The van der Waals surface area contributed by atoms with Gasteiger partial charge in [0.1, 0.15) is 5.82 Å². The Morgan fingerprint density at radius 2 is 2.26 bits per heavy atom. The molecular weight excluding hydrogens is 317 g/mol. The normalized spacial score (nSPS) is 13.9. The number of ether oxygens (including phenoxy) is 1. The van der Waals surface area contributed by atoms with Gasteiger partial charge in [0.25, 0.3) is 5.91 Å². The summed E-state index contributed by atoms with van der Waals surface area (Å²) >= 11 is 3.15. The van der Waals surface area contributed by atoms with E-state index in [0.29, 0.717) is 16.5 Å². The first kappa shape index (κ1) is 16.1. The molecule has 0 aliphatic rings. The lowest BCUT2D eigenvalue weighted by atomic mass is 9.98. The Morgan fingerprint density at radius 1 is 1.58 bits per heavy atom. The monoisotopic (exact) mass is 333 g/mol. The van der Waals surface area contributed by atoms with Gasteiger partial charge in [-0.25, -0.2) is 4.39 Å². The van der Waals surface area contributed by atoms with Gasteiger partial charge < -0.3 is 15.2 Å². The highest BCUT2D eigenvalue weighted by molar-refractivity contribution is 9.10. The predicted molar refractivity (Wildman–Crippen MR) is 73.6 cm³/mol. The molecule has 0 spiro atoms. The molecule has 0 heterocycles. The van der Waals surface area contributed by atoms with Crippen molar-refractivity contribution in [2.45, 2.75) is 18.9 Å². The van der Waals surface area contributed by atoms with Crippen molar-refractivity contribution in [3.05, 3.63) is 34.1 Å². The minimum absolute atomic E-state index is 0.0648. The number of aliphatic hydroxyl groups is 1. The number of aliphatic hydroxyl groups excluding tert-OH is 1. The molecule has 106 valence electrons. The van der Waals surface area contributed by atoms with E-state index in [2.05, 4.69) is 21.2 Å². The van der Waals surface area contributed by atoms with Gasteiger partial charge >= 0.3 is 0 Å². The molecule has 1 aromatic rings. The van der Waals surface area contributed by atoms with Gasteiger partial charge in [0.15, 0.2) is 0 Å². The number of rotatable bonds is 6. The summed E-state index contributed by atoms with van der Waals surface area (Å²) in [5, 5.41) is 11.8. The molecule has 0 saturated carbocycles. The van der Waals surface area contributed by atoms with Crippen LogP contribution in [0.25, 0.3) is 0 Å². The van der Waals surface area contributed by atoms with Crippen LogP contribution in [0.4, 0.5) is 4.39 Å². The fraction of sp³-hybridized carbons (Fsp3) is 0.462. The molecule has 2 N–H and O–H groups in total. The van der Waals surface area contributed by atoms with E-state index in [9.17, 15) is 9.18 Å². The Hall–Kier alpha value is -0.980. The fourth-order valence-corrected chi connectivity index (χ4v) is 2.28. The lowest BCUT2D eigenvalue weighted by Crippen LogP contribution is -2.50. The summed E-state index contributed by atoms with van der Waals surface area (Å²) in [6, 6.07) is 3.86. The van der Waals surface area contributed by atoms with Gasteiger partial charge in [-0.05, 0) is 47.5 Å². The SMILES string of the molecule is COCC(C)(CCO)NC(=O)c1ccc(F)cc1Br. The van der Waals surface area contributed by atoms with Gasteiger partial charge in [0.05, 0.1) is 17.7 Å². The van der Waals surface area contributed by atoms with Gasteiger partial charge in [-0.2, -0.15) is 0 Å². The van der Waals surface area contributed by atoms with Crippen LogP contribution in [0.15, 0.2) is 22.7 Å². The van der Waals surface area contributed by atoms with Crippen LogP contribution in [-0.2, 0) is 4.74 Å². The molecule has 1 unspecified atom stereocenters. The molecule has 1 aromatic carbocycles. The molecule has 19 heavy (non-hydrogen) atoms. The smallest absolute Gasteiger partial charge is 0.252 e. The number of nitrogens with one attached hydrogen (secondary N) is 1. The topological polar surface area (TPSA) is 58.6 Å². The van der Waals surface area contributed by atoms with Crippen molar-refractivity contribution in [2.75, 3.05) is 20.3 Å². The van der Waals surface area contributed by atoms with Crippen LogP contribution >= 0.6 is 15.9 Å². The van der Waals surface area contributed by atoms with Gasteiger partial charge in [0, 0.05) is 18.2 Å². The molecule has 0 radical (unpaired) electrons. The molecule has 0 aliphatic heterocycles. The number of methoxy groups -OCH3 is 1. The minimum atomic E-state index is -0.672. The number of hydrogen-bond acceptors (Lipinski definition) is 3. The van der Waals surface area contributed by atoms with Crippen LogP contribution in [0.1, 0.15) is 23.7 Å². The van der Waals surface area contributed by atoms with Gasteiger partial charge in [-0.1, -0.05) is 0 Å². The Labute approximate surface area is 120 Å². The number of carbonyl (C=O) groups excluding carboxylic acids is 1. The Morgan fingerprint density at radius 3 is 2.79 bits per heavy atom.